The van der Waals surface area contributed by atoms with Crippen molar-refractivity contribution in [2.45, 2.75) is 61.6 Å². The molecular formula is C35H42ClN3O4S. The van der Waals surface area contributed by atoms with Crippen molar-refractivity contribution in [2.24, 2.45) is 11.8 Å². The van der Waals surface area contributed by atoms with Crippen LogP contribution in [0.25, 0.3) is 0 Å². The smallest absolute Gasteiger partial charge is 0.251 e. The fourth-order valence-electron chi connectivity index (χ4n) is 7.83. The number of para-hydroxylation sites is 1. The molecule has 44 heavy (non-hydrogen) atoms. The van der Waals surface area contributed by atoms with E-state index in [0.29, 0.717) is 36.6 Å². The van der Waals surface area contributed by atoms with Gasteiger partial charge in [-0.1, -0.05) is 73.1 Å². The number of carbonyl (C=O) groups is 3. The Morgan fingerprint density at radius 2 is 1.82 bits per heavy atom. The molecule has 9 heteroatoms. The van der Waals surface area contributed by atoms with Crippen molar-refractivity contribution in [3.05, 3.63) is 90.0 Å². The van der Waals surface area contributed by atoms with E-state index in [4.69, 9.17) is 11.6 Å². The van der Waals surface area contributed by atoms with Gasteiger partial charge in [0.05, 0.1) is 39.9 Å². The second kappa shape index (κ2) is 12.7. The summed E-state index contributed by atoms with van der Waals surface area (Å²) in [5.41, 5.74) is 2.13. The molecule has 1 N–H and O–H groups in total. The van der Waals surface area contributed by atoms with Crippen molar-refractivity contribution in [3.8, 4) is 0 Å². The highest BCUT2D eigenvalue weighted by molar-refractivity contribution is 8.02. The Balaban J connectivity index is 1.69. The quantitative estimate of drug-likeness (QED) is 0.298. The molecule has 3 amide bonds. The van der Waals surface area contributed by atoms with Gasteiger partial charge in [-0.05, 0) is 50.3 Å². The van der Waals surface area contributed by atoms with E-state index in [2.05, 4.69) is 20.1 Å². The zero-order chi connectivity index (χ0) is 31.8. The number of aliphatic hydroxyl groups is 1. The van der Waals surface area contributed by atoms with E-state index >= 15 is 4.79 Å². The summed E-state index contributed by atoms with van der Waals surface area (Å²) >= 11 is 8.34. The monoisotopic (exact) mass is 635 g/mol. The molecule has 1 spiro atoms. The highest BCUT2D eigenvalue weighted by Crippen LogP contribution is 2.72. The Morgan fingerprint density at radius 1 is 1.11 bits per heavy atom. The molecule has 2 aromatic carbocycles. The largest absolute Gasteiger partial charge is 0.394 e. The topological polar surface area (TPSA) is 81.2 Å². The number of hydrogen-bond donors (Lipinski definition) is 1. The van der Waals surface area contributed by atoms with Crippen LogP contribution in [0.3, 0.4) is 0 Å². The number of amides is 3. The van der Waals surface area contributed by atoms with Gasteiger partial charge in [-0.15, -0.1) is 24.9 Å². The third-order valence-electron chi connectivity index (χ3n) is 9.60. The highest BCUT2D eigenvalue weighted by atomic mass is 35.5. The van der Waals surface area contributed by atoms with Gasteiger partial charge in [0.1, 0.15) is 6.04 Å². The Kier molecular flexibility index (Phi) is 9.36. The first-order valence-electron chi connectivity index (χ1n) is 15.3. The van der Waals surface area contributed by atoms with Crippen molar-refractivity contribution >= 4 is 46.8 Å². The van der Waals surface area contributed by atoms with Crippen LogP contribution in [0.5, 0.6) is 0 Å². The number of likely N-dealkylation sites (tertiary alicyclic amines) is 1. The van der Waals surface area contributed by atoms with Gasteiger partial charge in [0.15, 0.2) is 0 Å². The summed E-state index contributed by atoms with van der Waals surface area (Å²) in [7, 11) is 0. The first-order valence-corrected chi connectivity index (χ1v) is 16.5. The van der Waals surface area contributed by atoms with Crippen molar-refractivity contribution in [1.29, 1.82) is 0 Å². The Bertz CT molecular complexity index is 1430. The van der Waals surface area contributed by atoms with Gasteiger partial charge in [0, 0.05) is 24.4 Å². The molecule has 0 radical (unpaired) electrons. The maximum Gasteiger partial charge on any atom is 0.251 e. The lowest BCUT2D eigenvalue weighted by Crippen LogP contribution is -2.56. The van der Waals surface area contributed by atoms with E-state index in [0.717, 1.165) is 17.5 Å². The maximum atomic E-state index is 15.1. The minimum absolute atomic E-state index is 0.0696. The predicted octanol–water partition coefficient (Wildman–Crippen LogP) is 5.81. The van der Waals surface area contributed by atoms with Crippen LogP contribution in [0.2, 0.25) is 5.02 Å². The summed E-state index contributed by atoms with van der Waals surface area (Å²) in [6.45, 7) is 14.6. The number of thioether (sulfide) groups is 1. The van der Waals surface area contributed by atoms with E-state index in [-0.39, 0.29) is 30.9 Å². The van der Waals surface area contributed by atoms with Crippen molar-refractivity contribution < 1.29 is 19.5 Å². The average Bonchev–Trinajstić information content (AvgIpc) is 3.57. The molecule has 2 bridgehead atoms. The Morgan fingerprint density at radius 3 is 2.43 bits per heavy atom. The standard InChI is InChI=1S/C35H42ClN3O4S/c1-6-19-37(20-7-2)31(41)27-28-32(42)39(26(22-40)24-14-10-9-11-15-24)30(35(28)18-17-34(27,5)44-35)33(43)38(21-8-3)29-23(4)13-12-16-25(29)36/h6,8-16,26-28,30,40H,1,3,7,17-22H2,2,4-5H3/t26-,27-,28+,30?,34+,35?/m1/s1. The lowest BCUT2D eigenvalue weighted by Gasteiger charge is -2.40. The molecule has 3 saturated heterocycles. The van der Waals surface area contributed by atoms with Crippen LogP contribution in [0.1, 0.15) is 50.3 Å². The molecule has 3 fully saturated rings. The van der Waals surface area contributed by atoms with Crippen LogP contribution in [0.4, 0.5) is 5.69 Å². The second-order valence-electron chi connectivity index (χ2n) is 12.3. The predicted molar refractivity (Wildman–Crippen MR) is 178 cm³/mol. The maximum absolute atomic E-state index is 15.1. The molecule has 0 saturated carbocycles. The van der Waals surface area contributed by atoms with E-state index in [1.807, 2.05) is 56.3 Å². The Hall–Kier alpha value is -3.07. The summed E-state index contributed by atoms with van der Waals surface area (Å²) in [4.78, 5) is 49.4. The number of carbonyl (C=O) groups excluding carboxylic acids is 3. The van der Waals surface area contributed by atoms with E-state index in [9.17, 15) is 14.7 Å². The molecule has 6 atom stereocenters. The number of nitrogens with zero attached hydrogens (tertiary/aromatic N) is 3. The van der Waals surface area contributed by atoms with Crippen LogP contribution in [-0.2, 0) is 14.4 Å². The molecule has 3 heterocycles. The summed E-state index contributed by atoms with van der Waals surface area (Å²) in [6.07, 6.45) is 5.46. The van der Waals surface area contributed by atoms with E-state index in [1.54, 1.807) is 44.7 Å². The molecular weight excluding hydrogens is 594 g/mol. The lowest BCUT2D eigenvalue weighted by atomic mass is 9.66. The molecule has 0 aromatic heterocycles. The lowest BCUT2D eigenvalue weighted by molar-refractivity contribution is -0.146. The molecule has 234 valence electrons. The third-order valence-corrected chi connectivity index (χ3v) is 11.9. The molecule has 3 aliphatic heterocycles. The first kappa shape index (κ1) is 32.3. The van der Waals surface area contributed by atoms with Crippen LogP contribution >= 0.6 is 23.4 Å². The van der Waals surface area contributed by atoms with Crippen LogP contribution in [0, 0.1) is 18.8 Å². The van der Waals surface area contributed by atoms with Crippen molar-refractivity contribution in [2.75, 3.05) is 31.1 Å². The molecule has 7 nitrogen and oxygen atoms in total. The summed E-state index contributed by atoms with van der Waals surface area (Å²) in [6, 6.07) is 13.1. The number of rotatable bonds is 12. The van der Waals surface area contributed by atoms with Gasteiger partial charge in [0.2, 0.25) is 11.8 Å². The van der Waals surface area contributed by atoms with Gasteiger partial charge >= 0.3 is 0 Å². The summed E-state index contributed by atoms with van der Waals surface area (Å²) < 4.78 is -1.37. The molecule has 3 aliphatic rings. The van der Waals surface area contributed by atoms with Crippen LogP contribution in [-0.4, -0.2) is 74.4 Å². The summed E-state index contributed by atoms with van der Waals surface area (Å²) in [5.74, 6) is -1.93. The van der Waals surface area contributed by atoms with Crippen molar-refractivity contribution in [1.82, 2.24) is 9.80 Å². The van der Waals surface area contributed by atoms with Crippen LogP contribution < -0.4 is 4.90 Å². The zero-order valence-electron chi connectivity index (χ0n) is 25.7. The Labute approximate surface area is 269 Å². The average molecular weight is 636 g/mol. The zero-order valence-corrected chi connectivity index (χ0v) is 27.3. The molecule has 5 rings (SSSR count). The fraction of sp³-hybridized carbons (Fsp3) is 0.457. The summed E-state index contributed by atoms with van der Waals surface area (Å²) in [5, 5.41) is 11.3. The number of aliphatic hydroxyl groups excluding tert-OH is 1. The number of anilines is 1. The fourth-order valence-corrected chi connectivity index (χ4v) is 10.5. The number of fused-ring (bicyclic) bond motifs is 1. The third kappa shape index (κ3) is 5.09. The van der Waals surface area contributed by atoms with Gasteiger partial charge < -0.3 is 19.8 Å². The normalized spacial score (nSPS) is 27.6. The van der Waals surface area contributed by atoms with E-state index in [1.165, 1.54) is 0 Å². The minimum Gasteiger partial charge on any atom is -0.394 e. The first-order chi connectivity index (χ1) is 21.1. The molecule has 2 aromatic rings. The molecule has 2 unspecified atom stereocenters. The highest BCUT2D eigenvalue weighted by Gasteiger charge is 2.78. The number of benzene rings is 2. The number of aryl methyl sites for hydroxylation is 1. The number of halogens is 1. The molecule has 0 aliphatic carbocycles. The van der Waals surface area contributed by atoms with Crippen molar-refractivity contribution in [3.63, 3.8) is 0 Å². The number of hydrogen-bond acceptors (Lipinski definition) is 5. The van der Waals surface area contributed by atoms with Gasteiger partial charge in [-0.3, -0.25) is 14.4 Å². The van der Waals surface area contributed by atoms with Gasteiger partial charge in [-0.2, -0.15) is 0 Å². The van der Waals surface area contributed by atoms with Crippen LogP contribution in [0.15, 0.2) is 73.8 Å². The second-order valence-corrected chi connectivity index (χ2v) is 14.6. The SMILES string of the molecule is C=CCN(CCC)C(=O)[C@H]1[C@H]2C(=O)N([C@H](CO)c3ccccc3)C(C(=O)N(CC=C)c3c(C)cccc3Cl)C23CC[C@]1(C)S3. The minimum atomic E-state index is -0.934. The van der Waals surface area contributed by atoms with E-state index < -0.39 is 33.4 Å². The van der Waals surface area contributed by atoms with Gasteiger partial charge in [-0.25, -0.2) is 0 Å². The van der Waals surface area contributed by atoms with Gasteiger partial charge in [0.25, 0.3) is 5.91 Å².